The summed E-state index contributed by atoms with van der Waals surface area (Å²) in [6.07, 6.45) is 0. The first kappa shape index (κ1) is 19.7. The van der Waals surface area contributed by atoms with E-state index in [-0.39, 0.29) is 5.04 Å². The summed E-state index contributed by atoms with van der Waals surface area (Å²) in [4.78, 5) is 0. The topological polar surface area (TPSA) is 18.5 Å². The lowest BCUT2D eigenvalue weighted by atomic mass is 10.2. The molecule has 3 aromatic rings. The van der Waals surface area contributed by atoms with Gasteiger partial charge in [-0.2, -0.15) is 0 Å². The molecular weight excluding hydrogens is 416 g/mol. The van der Waals surface area contributed by atoms with Gasteiger partial charge in [0.1, 0.15) is 8.80 Å². The van der Waals surface area contributed by atoms with Gasteiger partial charge in [-0.25, -0.2) is 0 Å². The number of hydrogen-bond acceptors (Lipinski definition) is 2. The summed E-state index contributed by atoms with van der Waals surface area (Å²) >= 11 is 3.48. The second-order valence-electron chi connectivity index (χ2n) is 7.07. The van der Waals surface area contributed by atoms with Crippen molar-refractivity contribution in [3.8, 4) is 11.5 Å². The summed E-state index contributed by atoms with van der Waals surface area (Å²) in [5.41, 5.74) is 0. The number of methoxy groups -OCH3 is 1. The van der Waals surface area contributed by atoms with Crippen molar-refractivity contribution in [2.45, 2.75) is 18.9 Å². The Hall–Kier alpha value is -2.04. The van der Waals surface area contributed by atoms with Crippen LogP contribution < -0.4 is 19.8 Å². The first-order chi connectivity index (χ1) is 13.0. The second-order valence-corrected chi connectivity index (χ2v) is 11.2. The van der Waals surface area contributed by atoms with Crippen molar-refractivity contribution in [1.29, 1.82) is 0 Å². The van der Waals surface area contributed by atoms with Gasteiger partial charge in [0.15, 0.2) is 11.5 Å². The zero-order valence-electron chi connectivity index (χ0n) is 15.9. The highest BCUT2D eigenvalue weighted by atomic mass is 79.9. The van der Waals surface area contributed by atoms with E-state index in [2.05, 4.69) is 90.4 Å². The monoisotopic (exact) mass is 439 g/mol. The Morgan fingerprint density at radius 1 is 0.815 bits per heavy atom. The Morgan fingerprint density at radius 2 is 1.37 bits per heavy atom. The molecule has 0 atom stereocenters. The van der Waals surface area contributed by atoms with E-state index in [1.165, 1.54) is 10.4 Å². The van der Waals surface area contributed by atoms with Gasteiger partial charge < -0.3 is 9.47 Å². The fourth-order valence-electron chi connectivity index (χ4n) is 3.25. The molecule has 3 aromatic carbocycles. The van der Waals surface area contributed by atoms with E-state index >= 15 is 0 Å². The lowest BCUT2D eigenvalue weighted by molar-refractivity contribution is 0.262. The van der Waals surface area contributed by atoms with Crippen molar-refractivity contribution in [1.82, 2.24) is 0 Å². The Kier molecular flexibility index (Phi) is 6.40. The maximum absolute atomic E-state index is 6.25. The third-order valence-corrected chi connectivity index (χ3v) is 8.33. The highest BCUT2D eigenvalue weighted by Gasteiger charge is 2.35. The van der Waals surface area contributed by atoms with E-state index < -0.39 is 8.80 Å². The van der Waals surface area contributed by atoms with E-state index in [4.69, 9.17) is 9.47 Å². The fraction of sp³-hybridized carbons (Fsp3) is 0.217. The van der Waals surface area contributed by atoms with Crippen molar-refractivity contribution in [2.24, 2.45) is 0 Å². The van der Waals surface area contributed by atoms with Crippen LogP contribution in [0.5, 0.6) is 11.5 Å². The van der Waals surface area contributed by atoms with Crippen LogP contribution in [0.4, 0.5) is 0 Å². The smallest absolute Gasteiger partial charge is 0.161 e. The lowest BCUT2D eigenvalue weighted by Crippen LogP contribution is -2.51. The minimum Gasteiger partial charge on any atom is -0.493 e. The SMILES string of the molecule is COc1cc(Br)ccc1OCC(C)(C)[Si](c1ccccc1)c1ccccc1. The number of halogens is 1. The van der Waals surface area contributed by atoms with Gasteiger partial charge >= 0.3 is 0 Å². The maximum atomic E-state index is 6.25. The van der Waals surface area contributed by atoms with Crippen LogP contribution in [0.1, 0.15) is 13.8 Å². The van der Waals surface area contributed by atoms with Gasteiger partial charge in [-0.05, 0) is 18.2 Å². The van der Waals surface area contributed by atoms with Crippen molar-refractivity contribution >= 4 is 35.1 Å². The first-order valence-electron chi connectivity index (χ1n) is 8.96. The Balaban J connectivity index is 1.90. The highest BCUT2D eigenvalue weighted by Crippen LogP contribution is 2.34. The predicted octanol–water partition coefficient (Wildman–Crippen LogP) is 4.93. The Morgan fingerprint density at radius 3 is 1.89 bits per heavy atom. The second kappa shape index (κ2) is 8.76. The zero-order chi connectivity index (χ0) is 19.3. The van der Waals surface area contributed by atoms with Crippen LogP contribution >= 0.6 is 15.9 Å². The average molecular weight is 440 g/mol. The van der Waals surface area contributed by atoms with Crippen LogP contribution in [0.25, 0.3) is 0 Å². The largest absolute Gasteiger partial charge is 0.493 e. The van der Waals surface area contributed by atoms with Gasteiger partial charge in [0.05, 0.1) is 13.7 Å². The molecule has 0 heterocycles. The molecule has 2 nitrogen and oxygen atoms in total. The van der Waals surface area contributed by atoms with Gasteiger partial charge in [-0.1, -0.05) is 101 Å². The molecule has 0 unspecified atom stereocenters. The van der Waals surface area contributed by atoms with Crippen molar-refractivity contribution in [3.05, 3.63) is 83.3 Å². The standard InChI is InChI=1S/C23H24BrO2Si/c1-23(2,17-26-21-15-14-18(24)16-22(21)25-3)27(19-10-6-4-7-11-19)20-12-8-5-9-13-20/h4-16H,17H2,1-3H3. The fourth-order valence-corrected chi connectivity index (χ4v) is 6.75. The molecule has 0 aliphatic heterocycles. The first-order valence-corrected chi connectivity index (χ1v) is 11.3. The average Bonchev–Trinajstić information content (AvgIpc) is 2.68. The molecule has 27 heavy (non-hydrogen) atoms. The number of ether oxygens (including phenoxy) is 2. The molecule has 0 amide bonds. The zero-order valence-corrected chi connectivity index (χ0v) is 18.5. The molecule has 4 heteroatoms. The molecular formula is C23H24BrO2Si. The molecule has 0 saturated carbocycles. The molecule has 139 valence electrons. The molecule has 1 radical (unpaired) electrons. The molecule has 0 spiro atoms. The van der Waals surface area contributed by atoms with Crippen LogP contribution in [0.3, 0.4) is 0 Å². The van der Waals surface area contributed by atoms with E-state index in [0.29, 0.717) is 6.61 Å². The molecule has 0 bridgehead atoms. The number of benzene rings is 3. The molecule has 0 N–H and O–H groups in total. The van der Waals surface area contributed by atoms with E-state index in [1.807, 2.05) is 18.2 Å². The van der Waals surface area contributed by atoms with Crippen LogP contribution in [0.2, 0.25) is 5.04 Å². The van der Waals surface area contributed by atoms with Gasteiger partial charge in [0.25, 0.3) is 0 Å². The molecule has 3 rings (SSSR count). The summed E-state index contributed by atoms with van der Waals surface area (Å²) in [5.74, 6) is 1.52. The highest BCUT2D eigenvalue weighted by molar-refractivity contribution is 9.10. The van der Waals surface area contributed by atoms with E-state index in [9.17, 15) is 0 Å². The molecule has 0 saturated heterocycles. The van der Waals surface area contributed by atoms with Crippen LogP contribution in [-0.2, 0) is 0 Å². The Labute approximate surface area is 171 Å². The number of rotatable bonds is 7. The van der Waals surface area contributed by atoms with Crippen LogP contribution in [-0.4, -0.2) is 22.5 Å². The molecule has 0 aliphatic carbocycles. The minimum atomic E-state index is -1.05. The lowest BCUT2D eigenvalue weighted by Gasteiger charge is -2.33. The molecule has 0 aromatic heterocycles. The normalized spacial score (nSPS) is 11.4. The Bertz CT molecular complexity index is 827. The van der Waals surface area contributed by atoms with Crippen molar-refractivity contribution < 1.29 is 9.47 Å². The predicted molar refractivity (Wildman–Crippen MR) is 118 cm³/mol. The van der Waals surface area contributed by atoms with Crippen molar-refractivity contribution in [3.63, 3.8) is 0 Å². The van der Waals surface area contributed by atoms with Gasteiger partial charge in [-0.3, -0.25) is 0 Å². The quantitative estimate of drug-likeness (QED) is 0.486. The van der Waals surface area contributed by atoms with E-state index in [1.54, 1.807) is 7.11 Å². The molecule has 0 fully saturated rings. The number of hydrogen-bond donors (Lipinski definition) is 0. The summed E-state index contributed by atoms with van der Waals surface area (Å²) in [7, 11) is 0.622. The van der Waals surface area contributed by atoms with E-state index in [0.717, 1.165) is 16.0 Å². The van der Waals surface area contributed by atoms with Crippen LogP contribution in [0, 0.1) is 0 Å². The van der Waals surface area contributed by atoms with Gasteiger partial charge in [-0.15, -0.1) is 0 Å². The summed E-state index contributed by atoms with van der Waals surface area (Å²) in [6, 6.07) is 27.5. The third-order valence-electron chi connectivity index (χ3n) is 4.52. The van der Waals surface area contributed by atoms with Crippen LogP contribution in [0.15, 0.2) is 83.3 Å². The van der Waals surface area contributed by atoms with Gasteiger partial charge in [0, 0.05) is 9.51 Å². The minimum absolute atomic E-state index is 0.0224. The van der Waals surface area contributed by atoms with Crippen molar-refractivity contribution in [2.75, 3.05) is 13.7 Å². The molecule has 0 aliphatic rings. The summed E-state index contributed by atoms with van der Waals surface area (Å²) in [5, 5.41) is 2.76. The summed E-state index contributed by atoms with van der Waals surface area (Å²) in [6.45, 7) is 5.21. The van der Waals surface area contributed by atoms with Gasteiger partial charge in [0.2, 0.25) is 0 Å². The third kappa shape index (κ3) is 4.82. The maximum Gasteiger partial charge on any atom is 0.161 e. The summed E-state index contributed by atoms with van der Waals surface area (Å²) < 4.78 is 12.7.